The van der Waals surface area contributed by atoms with Gasteiger partial charge in [-0.2, -0.15) is 0 Å². The van der Waals surface area contributed by atoms with Gasteiger partial charge in [-0.25, -0.2) is 0 Å². The van der Waals surface area contributed by atoms with Crippen molar-refractivity contribution in [3.8, 4) is 0 Å². The van der Waals surface area contributed by atoms with Crippen LogP contribution in [0, 0.1) is 11.8 Å². The lowest BCUT2D eigenvalue weighted by molar-refractivity contribution is -0.0200. The number of rotatable bonds is 3. The van der Waals surface area contributed by atoms with Crippen LogP contribution < -0.4 is 5.46 Å². The molecule has 0 bridgehead atoms. The van der Waals surface area contributed by atoms with E-state index in [1.807, 2.05) is 0 Å². The Morgan fingerprint density at radius 1 is 1.00 bits per heavy atom. The average molecular weight is 313 g/mol. The van der Waals surface area contributed by atoms with Crippen LogP contribution in [0.2, 0.25) is 0 Å². The quantitative estimate of drug-likeness (QED) is 0.872. The van der Waals surface area contributed by atoms with Crippen molar-refractivity contribution in [2.75, 3.05) is 0 Å². The van der Waals surface area contributed by atoms with E-state index >= 15 is 0 Å². The molecule has 1 N–H and O–H groups in total. The Labute approximate surface area is 139 Å². The first-order valence-electron chi connectivity index (χ1n) is 8.78. The average Bonchev–Trinajstić information content (AvgIpc) is 3.26. The molecular formula is C19H26BO3. The summed E-state index contributed by atoms with van der Waals surface area (Å²) >= 11 is 0. The highest BCUT2D eigenvalue weighted by Gasteiger charge is 2.56. The molecule has 1 atom stereocenters. The van der Waals surface area contributed by atoms with E-state index in [2.05, 4.69) is 52.0 Å². The normalized spacial score (nSPS) is 32.8. The molecule has 1 heterocycles. The summed E-state index contributed by atoms with van der Waals surface area (Å²) in [6.07, 6.45) is 4.28. The van der Waals surface area contributed by atoms with E-state index in [1.165, 1.54) is 24.3 Å². The summed E-state index contributed by atoms with van der Waals surface area (Å²) in [5.41, 5.74) is 1.07. The molecule has 2 aliphatic carbocycles. The fourth-order valence-electron chi connectivity index (χ4n) is 3.73. The molecule has 0 spiro atoms. The molecule has 3 nitrogen and oxygen atoms in total. The maximum Gasteiger partial charge on any atom is 0.494 e. The highest BCUT2D eigenvalue weighted by atomic mass is 16.7. The van der Waals surface area contributed by atoms with Gasteiger partial charge in [0.1, 0.15) is 0 Å². The Hall–Kier alpha value is -0.835. The van der Waals surface area contributed by atoms with Crippen molar-refractivity contribution in [3.63, 3.8) is 0 Å². The highest BCUT2D eigenvalue weighted by Crippen LogP contribution is 2.56. The second-order valence-corrected chi connectivity index (χ2v) is 8.39. The molecule has 2 saturated carbocycles. The third-order valence-electron chi connectivity index (χ3n) is 6.32. The zero-order valence-corrected chi connectivity index (χ0v) is 14.6. The van der Waals surface area contributed by atoms with Crippen molar-refractivity contribution >= 4 is 12.6 Å². The molecule has 123 valence electrons. The van der Waals surface area contributed by atoms with E-state index in [1.54, 1.807) is 0 Å². The minimum atomic E-state index is -0.522. The zero-order valence-electron chi connectivity index (χ0n) is 14.6. The van der Waals surface area contributed by atoms with Crippen LogP contribution in [0.4, 0.5) is 0 Å². The third kappa shape index (κ3) is 2.38. The van der Waals surface area contributed by atoms with Crippen molar-refractivity contribution in [3.05, 3.63) is 35.7 Å². The molecule has 1 aromatic carbocycles. The van der Waals surface area contributed by atoms with E-state index in [4.69, 9.17) is 9.31 Å². The maximum atomic E-state index is 10.8. The lowest BCUT2D eigenvalue weighted by atomic mass is 9.63. The van der Waals surface area contributed by atoms with E-state index in [0.29, 0.717) is 5.92 Å². The van der Waals surface area contributed by atoms with Gasteiger partial charge < -0.3 is 14.4 Å². The summed E-state index contributed by atoms with van der Waals surface area (Å²) in [6.45, 7) is 8.28. The van der Waals surface area contributed by atoms with Crippen molar-refractivity contribution in [2.24, 2.45) is 5.92 Å². The predicted octanol–water partition coefficient (Wildman–Crippen LogP) is 2.84. The standard InChI is InChI=1S/C19H26BO3/c1-17(2)18(3,4)23-20(22-17)15-9-5-13(6-10-15)16-11-12-19(16,21)14-7-8-14/h5-6,9-10,14,21H,7-8,11-12H2,1-4H3/t19-/m1/s1. The van der Waals surface area contributed by atoms with Crippen LogP contribution in [-0.2, 0) is 9.31 Å². The Bertz CT molecular complexity index is 590. The summed E-state index contributed by atoms with van der Waals surface area (Å²) in [5, 5.41) is 10.8. The molecule has 23 heavy (non-hydrogen) atoms. The van der Waals surface area contributed by atoms with Gasteiger partial charge in [0, 0.05) is 5.92 Å². The van der Waals surface area contributed by atoms with Crippen LogP contribution in [0.3, 0.4) is 0 Å². The van der Waals surface area contributed by atoms with Gasteiger partial charge in [0.15, 0.2) is 0 Å². The van der Waals surface area contributed by atoms with Gasteiger partial charge in [0.25, 0.3) is 0 Å². The van der Waals surface area contributed by atoms with Crippen LogP contribution in [0.5, 0.6) is 0 Å². The van der Waals surface area contributed by atoms with Crippen LogP contribution >= 0.6 is 0 Å². The Morgan fingerprint density at radius 2 is 1.57 bits per heavy atom. The molecule has 4 rings (SSSR count). The van der Waals surface area contributed by atoms with E-state index in [-0.39, 0.29) is 18.3 Å². The van der Waals surface area contributed by atoms with Gasteiger partial charge in [-0.05, 0) is 70.3 Å². The first-order valence-corrected chi connectivity index (χ1v) is 8.78. The summed E-state index contributed by atoms with van der Waals surface area (Å²) in [4.78, 5) is 0. The van der Waals surface area contributed by atoms with Crippen LogP contribution in [0.25, 0.3) is 0 Å². The van der Waals surface area contributed by atoms with Crippen molar-refractivity contribution in [1.82, 2.24) is 0 Å². The molecule has 0 unspecified atom stereocenters. The SMILES string of the molecule is CC1(C)OB(c2ccc([C]3CC[C@@]3(O)C3CC3)cc2)OC1(C)C. The molecule has 1 aliphatic heterocycles. The molecule has 1 saturated heterocycles. The lowest BCUT2D eigenvalue weighted by Gasteiger charge is -2.45. The van der Waals surface area contributed by atoms with Gasteiger partial charge >= 0.3 is 7.12 Å². The summed E-state index contributed by atoms with van der Waals surface area (Å²) in [5.74, 6) is 1.72. The van der Waals surface area contributed by atoms with Crippen LogP contribution in [0.15, 0.2) is 24.3 Å². The van der Waals surface area contributed by atoms with Crippen LogP contribution in [0.1, 0.15) is 58.9 Å². The molecule has 0 aromatic heterocycles. The van der Waals surface area contributed by atoms with Gasteiger partial charge in [-0.3, -0.25) is 0 Å². The zero-order chi connectivity index (χ0) is 16.5. The lowest BCUT2D eigenvalue weighted by Crippen LogP contribution is -2.48. The first kappa shape index (κ1) is 15.7. The highest BCUT2D eigenvalue weighted by molar-refractivity contribution is 6.62. The second-order valence-electron chi connectivity index (χ2n) is 8.39. The number of benzene rings is 1. The van der Waals surface area contributed by atoms with Gasteiger partial charge in [0.2, 0.25) is 0 Å². The summed E-state index contributed by atoms with van der Waals surface area (Å²) in [6, 6.07) is 8.39. The molecule has 3 fully saturated rings. The molecule has 3 aliphatic rings. The largest absolute Gasteiger partial charge is 0.494 e. The summed E-state index contributed by atoms with van der Waals surface area (Å²) in [7, 11) is -0.317. The second kappa shape index (κ2) is 4.84. The molecule has 1 aromatic rings. The Morgan fingerprint density at radius 3 is 2.00 bits per heavy atom. The Kier molecular flexibility index (Phi) is 3.30. The van der Waals surface area contributed by atoms with Crippen molar-refractivity contribution in [2.45, 2.75) is 70.2 Å². The van der Waals surface area contributed by atoms with Crippen molar-refractivity contribution in [1.29, 1.82) is 0 Å². The maximum absolute atomic E-state index is 10.8. The molecule has 0 amide bonds. The molecule has 4 heteroatoms. The van der Waals surface area contributed by atoms with E-state index in [0.717, 1.165) is 18.3 Å². The van der Waals surface area contributed by atoms with Gasteiger partial charge in [-0.1, -0.05) is 24.3 Å². The van der Waals surface area contributed by atoms with Crippen LogP contribution in [-0.4, -0.2) is 29.0 Å². The van der Waals surface area contributed by atoms with E-state index in [9.17, 15) is 5.11 Å². The van der Waals surface area contributed by atoms with Gasteiger partial charge in [-0.15, -0.1) is 0 Å². The van der Waals surface area contributed by atoms with Crippen molar-refractivity contribution < 1.29 is 14.4 Å². The topological polar surface area (TPSA) is 38.7 Å². The smallest absolute Gasteiger partial charge is 0.399 e. The fraction of sp³-hybridized carbons (Fsp3) is 0.632. The number of aliphatic hydroxyl groups is 1. The predicted molar refractivity (Wildman–Crippen MR) is 91.4 cm³/mol. The number of hydrogen-bond donors (Lipinski definition) is 1. The first-order chi connectivity index (χ1) is 10.7. The van der Waals surface area contributed by atoms with Gasteiger partial charge in [0.05, 0.1) is 16.8 Å². The van der Waals surface area contributed by atoms with E-state index < -0.39 is 5.60 Å². The fourth-order valence-corrected chi connectivity index (χ4v) is 3.73. The minimum Gasteiger partial charge on any atom is -0.399 e. The summed E-state index contributed by atoms with van der Waals surface area (Å²) < 4.78 is 12.2. The monoisotopic (exact) mass is 313 g/mol. The minimum absolute atomic E-state index is 0.314. The number of hydrogen-bond acceptors (Lipinski definition) is 3. The third-order valence-corrected chi connectivity index (χ3v) is 6.32. The Balaban J connectivity index is 1.51. The molecule has 1 radical (unpaired) electrons. The molecular weight excluding hydrogens is 287 g/mol.